The van der Waals surface area contributed by atoms with Crippen molar-refractivity contribution in [2.24, 2.45) is 5.92 Å². The number of anilines is 1. The predicted octanol–water partition coefficient (Wildman–Crippen LogP) is 5.75. The van der Waals surface area contributed by atoms with Crippen LogP contribution in [0.5, 0.6) is 0 Å². The van der Waals surface area contributed by atoms with E-state index in [4.69, 9.17) is 21.3 Å². The van der Waals surface area contributed by atoms with Crippen LogP contribution in [-0.4, -0.2) is 56.0 Å². The Morgan fingerprint density at radius 1 is 1.22 bits per heavy atom. The number of hydrogen-bond donors (Lipinski definition) is 0. The Morgan fingerprint density at radius 3 is 2.75 bits per heavy atom. The van der Waals surface area contributed by atoms with E-state index in [0.717, 1.165) is 40.0 Å². The molecule has 5 rings (SSSR count). The van der Waals surface area contributed by atoms with E-state index in [1.807, 2.05) is 12.1 Å². The van der Waals surface area contributed by atoms with Crippen LogP contribution in [0.15, 0.2) is 34.5 Å². The van der Waals surface area contributed by atoms with Gasteiger partial charge in [0.1, 0.15) is 4.21 Å². The average Bonchev–Trinajstić information content (AvgIpc) is 3.62. The SMILES string of the molecule is CC(C)c1cccc2sc(N(CC3CCCO3)C(=O)C3CCCN(S(=O)(=O)c4ccc(Cl)s4)C3)nc12. The fourth-order valence-electron chi connectivity index (χ4n) is 4.94. The van der Waals surface area contributed by atoms with Gasteiger partial charge in [-0.2, -0.15) is 4.31 Å². The summed E-state index contributed by atoms with van der Waals surface area (Å²) in [5, 5.41) is 0.656. The third-order valence-electron chi connectivity index (χ3n) is 6.84. The molecule has 2 aliphatic heterocycles. The number of ether oxygens (including phenoxy) is 1. The maximum atomic E-state index is 14.0. The number of amides is 1. The first-order chi connectivity index (χ1) is 17.2. The molecular formula is C25H30ClN3O4S3. The van der Waals surface area contributed by atoms with E-state index < -0.39 is 15.9 Å². The molecule has 4 heterocycles. The van der Waals surface area contributed by atoms with Gasteiger partial charge in [-0.1, -0.05) is 48.9 Å². The Kier molecular flexibility index (Phi) is 7.72. The van der Waals surface area contributed by atoms with Crippen LogP contribution in [0.2, 0.25) is 4.34 Å². The van der Waals surface area contributed by atoms with Crippen LogP contribution in [0.1, 0.15) is 51.0 Å². The van der Waals surface area contributed by atoms with Gasteiger partial charge in [-0.15, -0.1) is 11.3 Å². The first-order valence-electron chi connectivity index (χ1n) is 12.3. The molecule has 0 aliphatic carbocycles. The van der Waals surface area contributed by atoms with E-state index in [1.54, 1.807) is 11.0 Å². The highest BCUT2D eigenvalue weighted by Crippen LogP contribution is 2.36. The molecule has 2 aromatic heterocycles. The molecular weight excluding hydrogens is 538 g/mol. The molecule has 2 unspecified atom stereocenters. The van der Waals surface area contributed by atoms with Crippen LogP contribution in [0.4, 0.5) is 5.13 Å². The number of para-hydroxylation sites is 1. The first-order valence-corrected chi connectivity index (χ1v) is 15.8. The lowest BCUT2D eigenvalue weighted by molar-refractivity contribution is -0.123. The third-order valence-corrected chi connectivity index (χ3v) is 11.5. The van der Waals surface area contributed by atoms with Crippen LogP contribution in [0, 0.1) is 5.92 Å². The number of carbonyl (C=O) groups excluding carboxylic acids is 1. The summed E-state index contributed by atoms with van der Waals surface area (Å²) in [6.07, 6.45) is 3.10. The van der Waals surface area contributed by atoms with Crippen LogP contribution in [0.25, 0.3) is 10.2 Å². The van der Waals surface area contributed by atoms with Gasteiger partial charge < -0.3 is 4.74 Å². The molecule has 0 spiro atoms. The van der Waals surface area contributed by atoms with Gasteiger partial charge in [0.25, 0.3) is 10.0 Å². The zero-order valence-electron chi connectivity index (χ0n) is 20.4. The number of rotatable bonds is 7. The van der Waals surface area contributed by atoms with Crippen molar-refractivity contribution in [1.29, 1.82) is 0 Å². The molecule has 1 aromatic carbocycles. The first kappa shape index (κ1) is 26.1. The van der Waals surface area contributed by atoms with Crippen molar-refractivity contribution in [2.75, 3.05) is 31.1 Å². The molecule has 1 amide bonds. The maximum absolute atomic E-state index is 14.0. The molecule has 11 heteroatoms. The van der Waals surface area contributed by atoms with E-state index in [9.17, 15) is 13.2 Å². The van der Waals surface area contributed by atoms with Gasteiger partial charge in [0.05, 0.1) is 33.1 Å². The maximum Gasteiger partial charge on any atom is 0.252 e. The lowest BCUT2D eigenvalue weighted by Crippen LogP contribution is -2.48. The van der Waals surface area contributed by atoms with E-state index >= 15 is 0 Å². The fourth-order valence-corrected chi connectivity index (χ4v) is 9.12. The van der Waals surface area contributed by atoms with E-state index in [-0.39, 0.29) is 22.8 Å². The molecule has 0 saturated carbocycles. The molecule has 2 aliphatic rings. The summed E-state index contributed by atoms with van der Waals surface area (Å²) in [6, 6.07) is 9.28. The van der Waals surface area contributed by atoms with E-state index in [2.05, 4.69) is 19.9 Å². The van der Waals surface area contributed by atoms with Crippen LogP contribution >= 0.6 is 34.3 Å². The Balaban J connectivity index is 1.44. The molecule has 0 radical (unpaired) electrons. The number of halogens is 1. The zero-order valence-corrected chi connectivity index (χ0v) is 23.6. The second-order valence-electron chi connectivity index (χ2n) is 9.69. The minimum Gasteiger partial charge on any atom is -0.376 e. The zero-order chi connectivity index (χ0) is 25.4. The van der Waals surface area contributed by atoms with Gasteiger partial charge in [-0.25, -0.2) is 13.4 Å². The molecule has 2 saturated heterocycles. The van der Waals surface area contributed by atoms with Gasteiger partial charge in [-0.05, 0) is 55.4 Å². The van der Waals surface area contributed by atoms with Gasteiger partial charge in [0.2, 0.25) is 5.91 Å². The number of benzene rings is 1. The van der Waals surface area contributed by atoms with E-state index in [0.29, 0.717) is 47.9 Å². The quantitative estimate of drug-likeness (QED) is 0.363. The molecule has 0 N–H and O–H groups in total. The van der Waals surface area contributed by atoms with Crippen LogP contribution in [0.3, 0.4) is 0 Å². The van der Waals surface area contributed by atoms with Crippen molar-refractivity contribution in [3.05, 3.63) is 40.2 Å². The topological polar surface area (TPSA) is 79.8 Å². The highest BCUT2D eigenvalue weighted by atomic mass is 35.5. The van der Waals surface area contributed by atoms with E-state index in [1.165, 1.54) is 21.7 Å². The Hall–Kier alpha value is -1.56. The highest BCUT2D eigenvalue weighted by molar-refractivity contribution is 7.91. The summed E-state index contributed by atoms with van der Waals surface area (Å²) in [5.74, 6) is -0.212. The standard InChI is InChI=1S/C25H30ClN3O4S3/c1-16(2)19-8-3-9-20-23(19)27-25(34-20)29(15-18-7-5-13-33-18)24(30)17-6-4-12-28(14-17)36(31,32)22-11-10-21(26)35-22/h3,8-11,16-18H,4-7,12-15H2,1-2H3. The number of sulfonamides is 1. The smallest absolute Gasteiger partial charge is 0.252 e. The summed E-state index contributed by atoms with van der Waals surface area (Å²) >= 11 is 8.55. The minimum absolute atomic E-state index is 0.0396. The number of hydrogen-bond acceptors (Lipinski definition) is 7. The van der Waals surface area contributed by atoms with Crippen molar-refractivity contribution in [2.45, 2.75) is 55.8 Å². The number of thiazole rings is 1. The second kappa shape index (κ2) is 10.7. The summed E-state index contributed by atoms with van der Waals surface area (Å²) < 4.78 is 35.5. The lowest BCUT2D eigenvalue weighted by Gasteiger charge is -2.34. The molecule has 7 nitrogen and oxygen atoms in total. The fraction of sp³-hybridized carbons (Fsp3) is 0.520. The summed E-state index contributed by atoms with van der Waals surface area (Å²) in [4.78, 5) is 20.7. The van der Waals surface area contributed by atoms with Gasteiger partial charge in [0.15, 0.2) is 5.13 Å². The van der Waals surface area contributed by atoms with Gasteiger partial charge >= 0.3 is 0 Å². The molecule has 0 bridgehead atoms. The van der Waals surface area contributed by atoms with Crippen LogP contribution in [-0.2, 0) is 19.6 Å². The Labute approximate surface area is 225 Å². The summed E-state index contributed by atoms with van der Waals surface area (Å²) in [6.45, 7) is 5.96. The van der Waals surface area contributed by atoms with Crippen molar-refractivity contribution in [1.82, 2.24) is 9.29 Å². The lowest BCUT2D eigenvalue weighted by atomic mass is 9.98. The number of thiophene rings is 1. The van der Waals surface area contributed by atoms with Crippen molar-refractivity contribution in [3.8, 4) is 0 Å². The Bertz CT molecular complexity index is 1350. The number of nitrogens with zero attached hydrogens (tertiary/aromatic N) is 3. The minimum atomic E-state index is -3.70. The number of piperidine rings is 1. The van der Waals surface area contributed by atoms with Crippen molar-refractivity contribution >= 4 is 65.6 Å². The van der Waals surface area contributed by atoms with Gasteiger partial charge in [0, 0.05) is 19.7 Å². The van der Waals surface area contributed by atoms with Crippen molar-refractivity contribution < 1.29 is 17.9 Å². The largest absolute Gasteiger partial charge is 0.376 e. The number of aromatic nitrogens is 1. The summed E-state index contributed by atoms with van der Waals surface area (Å²) in [5.41, 5.74) is 2.09. The normalized spacial score (nSPS) is 21.4. The predicted molar refractivity (Wildman–Crippen MR) is 146 cm³/mol. The van der Waals surface area contributed by atoms with Gasteiger partial charge in [-0.3, -0.25) is 9.69 Å². The number of fused-ring (bicyclic) bond motifs is 1. The number of carbonyl (C=O) groups is 1. The highest BCUT2D eigenvalue weighted by Gasteiger charge is 2.37. The van der Waals surface area contributed by atoms with Crippen LogP contribution < -0.4 is 4.90 Å². The monoisotopic (exact) mass is 567 g/mol. The molecule has 2 fully saturated rings. The van der Waals surface area contributed by atoms with Crippen molar-refractivity contribution in [3.63, 3.8) is 0 Å². The average molecular weight is 568 g/mol. The Morgan fingerprint density at radius 2 is 2.06 bits per heavy atom. The second-order valence-corrected chi connectivity index (χ2v) is 14.6. The molecule has 36 heavy (non-hydrogen) atoms. The molecule has 3 aromatic rings. The third kappa shape index (κ3) is 5.21. The molecule has 2 atom stereocenters. The molecule has 194 valence electrons. The summed E-state index contributed by atoms with van der Waals surface area (Å²) in [7, 11) is -3.70.